The molecule has 130 valence electrons. The first-order valence-electron chi connectivity index (χ1n) is 7.54. The fourth-order valence-electron chi connectivity index (χ4n) is 2.67. The summed E-state index contributed by atoms with van der Waals surface area (Å²) in [5.41, 5.74) is 0.805. The van der Waals surface area contributed by atoms with E-state index in [0.717, 1.165) is 5.56 Å². The van der Waals surface area contributed by atoms with E-state index in [1.165, 1.54) is 27.4 Å². The maximum atomic E-state index is 12.6. The van der Waals surface area contributed by atoms with Crippen molar-refractivity contribution in [2.24, 2.45) is 0 Å². The Hall–Kier alpha value is -3.15. The van der Waals surface area contributed by atoms with Gasteiger partial charge in [0.15, 0.2) is 16.8 Å². The molecule has 0 N–H and O–H groups in total. The second kappa shape index (κ2) is 6.76. The van der Waals surface area contributed by atoms with Crippen molar-refractivity contribution in [3.63, 3.8) is 0 Å². The van der Waals surface area contributed by atoms with Gasteiger partial charge in [-0.05, 0) is 18.2 Å². The summed E-state index contributed by atoms with van der Waals surface area (Å²) in [4.78, 5) is 12.6. The lowest BCUT2D eigenvalue weighted by Crippen LogP contribution is -2.04. The van der Waals surface area contributed by atoms with Crippen molar-refractivity contribution in [3.05, 3.63) is 46.6 Å². The molecule has 3 aromatic rings. The molecule has 3 rings (SSSR count). The van der Waals surface area contributed by atoms with E-state index in [4.69, 9.17) is 23.4 Å². The Kier molecular flexibility index (Phi) is 4.52. The summed E-state index contributed by atoms with van der Waals surface area (Å²) < 4.78 is 27.3. The van der Waals surface area contributed by atoms with Gasteiger partial charge in [-0.3, -0.25) is 4.79 Å². The van der Waals surface area contributed by atoms with E-state index in [9.17, 15) is 4.79 Å². The average molecular weight is 342 g/mol. The lowest BCUT2D eigenvalue weighted by molar-refractivity contribution is 0.324. The van der Waals surface area contributed by atoms with Crippen molar-refractivity contribution in [2.45, 2.75) is 0 Å². The van der Waals surface area contributed by atoms with Gasteiger partial charge in [-0.2, -0.15) is 0 Å². The van der Waals surface area contributed by atoms with Crippen LogP contribution in [0.3, 0.4) is 0 Å². The summed E-state index contributed by atoms with van der Waals surface area (Å²) in [6.45, 7) is 0. The summed E-state index contributed by atoms with van der Waals surface area (Å²) >= 11 is 0. The quantitative estimate of drug-likeness (QED) is 0.707. The van der Waals surface area contributed by atoms with E-state index in [0.29, 0.717) is 39.7 Å². The third-order valence-electron chi connectivity index (χ3n) is 3.88. The Bertz CT molecular complexity index is 974. The third kappa shape index (κ3) is 2.87. The Morgan fingerprint density at radius 3 is 2.24 bits per heavy atom. The van der Waals surface area contributed by atoms with Crippen molar-refractivity contribution in [1.82, 2.24) is 0 Å². The van der Waals surface area contributed by atoms with Crippen molar-refractivity contribution < 1.29 is 23.4 Å². The molecule has 6 heteroatoms. The predicted octanol–water partition coefficient (Wildman–Crippen LogP) is 3.49. The monoisotopic (exact) mass is 342 g/mol. The molecule has 0 amide bonds. The number of fused-ring (bicyclic) bond motifs is 1. The zero-order valence-electron chi connectivity index (χ0n) is 14.4. The van der Waals surface area contributed by atoms with E-state index in [1.54, 1.807) is 19.2 Å². The minimum atomic E-state index is -0.210. The topological polar surface area (TPSA) is 67.1 Å². The standard InChI is InChI=1S/C19H18O6/c1-21-12-7-5-6-11(8-12)15-10-14(20)13-9-16(22-2)18(23-3)19(24-4)17(13)25-15/h5-10H,1-4H3. The molecule has 25 heavy (non-hydrogen) atoms. The molecular weight excluding hydrogens is 324 g/mol. The smallest absolute Gasteiger partial charge is 0.208 e. The van der Waals surface area contributed by atoms with Crippen molar-refractivity contribution in [3.8, 4) is 34.3 Å². The van der Waals surface area contributed by atoms with Gasteiger partial charge in [0.2, 0.25) is 11.5 Å². The van der Waals surface area contributed by atoms with Crippen LogP contribution in [0.4, 0.5) is 0 Å². The molecule has 0 spiro atoms. The number of hydrogen-bond acceptors (Lipinski definition) is 6. The van der Waals surface area contributed by atoms with Crippen LogP contribution in [-0.2, 0) is 0 Å². The molecule has 0 fully saturated rings. The molecule has 1 heterocycles. The Balaban J connectivity index is 2.33. The fourth-order valence-corrected chi connectivity index (χ4v) is 2.67. The number of methoxy groups -OCH3 is 4. The molecule has 6 nitrogen and oxygen atoms in total. The predicted molar refractivity (Wildman–Crippen MR) is 94.1 cm³/mol. The summed E-state index contributed by atoms with van der Waals surface area (Å²) in [5.74, 6) is 2.14. The van der Waals surface area contributed by atoms with Gasteiger partial charge in [0.1, 0.15) is 11.5 Å². The van der Waals surface area contributed by atoms with Gasteiger partial charge < -0.3 is 23.4 Å². The second-order valence-electron chi connectivity index (χ2n) is 5.23. The molecule has 0 aliphatic rings. The minimum Gasteiger partial charge on any atom is -0.497 e. The van der Waals surface area contributed by atoms with Crippen LogP contribution in [-0.4, -0.2) is 28.4 Å². The van der Waals surface area contributed by atoms with Gasteiger partial charge in [-0.25, -0.2) is 0 Å². The van der Waals surface area contributed by atoms with Gasteiger partial charge >= 0.3 is 0 Å². The molecule has 1 aromatic heterocycles. The molecule has 0 saturated heterocycles. The summed E-state index contributed by atoms with van der Waals surface area (Å²) in [6, 6.07) is 10.3. The molecule has 0 unspecified atom stereocenters. The van der Waals surface area contributed by atoms with Crippen LogP contribution in [0.1, 0.15) is 0 Å². The molecule has 0 bridgehead atoms. The van der Waals surface area contributed by atoms with E-state index in [1.807, 2.05) is 18.2 Å². The van der Waals surface area contributed by atoms with Gasteiger partial charge in [-0.1, -0.05) is 12.1 Å². The highest BCUT2D eigenvalue weighted by Crippen LogP contribution is 2.43. The molecule has 0 saturated carbocycles. The van der Waals surface area contributed by atoms with Crippen molar-refractivity contribution in [2.75, 3.05) is 28.4 Å². The van der Waals surface area contributed by atoms with Gasteiger partial charge in [0, 0.05) is 11.6 Å². The van der Waals surface area contributed by atoms with E-state index >= 15 is 0 Å². The maximum absolute atomic E-state index is 12.6. The highest BCUT2D eigenvalue weighted by atomic mass is 16.5. The van der Waals surface area contributed by atoms with Crippen LogP contribution in [0.2, 0.25) is 0 Å². The fraction of sp³-hybridized carbons (Fsp3) is 0.211. The number of benzene rings is 2. The highest BCUT2D eigenvalue weighted by Gasteiger charge is 2.20. The van der Waals surface area contributed by atoms with Gasteiger partial charge in [0.25, 0.3) is 0 Å². The second-order valence-corrected chi connectivity index (χ2v) is 5.23. The minimum absolute atomic E-state index is 0.210. The highest BCUT2D eigenvalue weighted by molar-refractivity contribution is 5.89. The van der Waals surface area contributed by atoms with E-state index in [2.05, 4.69) is 0 Å². The van der Waals surface area contributed by atoms with Gasteiger partial charge in [0.05, 0.1) is 33.8 Å². The van der Waals surface area contributed by atoms with Crippen molar-refractivity contribution >= 4 is 11.0 Å². The van der Waals surface area contributed by atoms with E-state index < -0.39 is 0 Å². The van der Waals surface area contributed by atoms with Crippen LogP contribution >= 0.6 is 0 Å². The molecule has 0 aliphatic heterocycles. The third-order valence-corrected chi connectivity index (χ3v) is 3.88. The number of ether oxygens (including phenoxy) is 4. The zero-order valence-corrected chi connectivity index (χ0v) is 14.4. The van der Waals surface area contributed by atoms with Crippen LogP contribution in [0.25, 0.3) is 22.3 Å². The van der Waals surface area contributed by atoms with Crippen molar-refractivity contribution in [1.29, 1.82) is 0 Å². The summed E-state index contributed by atoms with van der Waals surface area (Å²) in [5, 5.41) is 0.348. The van der Waals surface area contributed by atoms with E-state index in [-0.39, 0.29) is 5.43 Å². The molecule has 0 atom stereocenters. The Morgan fingerprint density at radius 2 is 1.60 bits per heavy atom. The summed E-state index contributed by atoms with van der Waals surface area (Å²) in [6.07, 6.45) is 0. The normalized spacial score (nSPS) is 10.6. The first kappa shape index (κ1) is 16.7. The first-order valence-corrected chi connectivity index (χ1v) is 7.54. The Labute approximate surface area is 144 Å². The lowest BCUT2D eigenvalue weighted by Gasteiger charge is -2.14. The Morgan fingerprint density at radius 1 is 0.840 bits per heavy atom. The summed E-state index contributed by atoms with van der Waals surface area (Å²) in [7, 11) is 6.05. The first-order chi connectivity index (χ1) is 12.1. The molecule has 0 aliphatic carbocycles. The lowest BCUT2D eigenvalue weighted by atomic mass is 10.1. The van der Waals surface area contributed by atoms with Crippen LogP contribution in [0.15, 0.2) is 45.6 Å². The van der Waals surface area contributed by atoms with Crippen LogP contribution in [0.5, 0.6) is 23.0 Å². The largest absolute Gasteiger partial charge is 0.497 e. The molecule has 0 radical (unpaired) electrons. The number of hydrogen-bond donors (Lipinski definition) is 0. The van der Waals surface area contributed by atoms with Crippen LogP contribution < -0.4 is 24.4 Å². The average Bonchev–Trinajstić information content (AvgIpc) is 2.66. The van der Waals surface area contributed by atoms with Crippen LogP contribution in [0, 0.1) is 0 Å². The molecular formula is C19H18O6. The SMILES string of the molecule is COc1cccc(-c2cc(=O)c3cc(OC)c(OC)c(OC)c3o2)c1. The maximum Gasteiger partial charge on any atom is 0.208 e. The molecule has 2 aromatic carbocycles. The van der Waals surface area contributed by atoms with Gasteiger partial charge in [-0.15, -0.1) is 0 Å². The zero-order chi connectivity index (χ0) is 18.0. The number of rotatable bonds is 5.